The molecule has 1 aliphatic rings. The van der Waals surface area contributed by atoms with Gasteiger partial charge in [-0.25, -0.2) is 4.98 Å². The van der Waals surface area contributed by atoms with E-state index in [2.05, 4.69) is 36.0 Å². The van der Waals surface area contributed by atoms with Crippen LogP contribution in [-0.2, 0) is 6.54 Å². The summed E-state index contributed by atoms with van der Waals surface area (Å²) in [7, 11) is 0. The van der Waals surface area contributed by atoms with E-state index in [1.165, 1.54) is 37.8 Å². The fraction of sp³-hybridized carbons (Fsp3) is 0.769. The van der Waals surface area contributed by atoms with Crippen LogP contribution in [0.2, 0.25) is 0 Å². The summed E-state index contributed by atoms with van der Waals surface area (Å²) in [5, 5.41) is 0. The van der Waals surface area contributed by atoms with Crippen molar-refractivity contribution in [3.63, 3.8) is 0 Å². The standard InChI is InChI=1S/C13H22N2S/c1-11-12(2)15(10-14-11)8-13(9-16)6-4-3-5-7-13/h10,16H,3-9H2,1-2H3. The maximum absolute atomic E-state index is 4.59. The molecule has 90 valence electrons. The number of thiol groups is 1. The van der Waals surface area contributed by atoms with Crippen molar-refractivity contribution < 1.29 is 0 Å². The van der Waals surface area contributed by atoms with E-state index in [1.54, 1.807) is 0 Å². The van der Waals surface area contributed by atoms with Crippen molar-refractivity contribution in [2.24, 2.45) is 5.41 Å². The van der Waals surface area contributed by atoms with E-state index in [1.807, 2.05) is 6.33 Å². The second-order valence-corrected chi connectivity index (χ2v) is 5.58. The Bertz CT molecular complexity index is 351. The minimum Gasteiger partial charge on any atom is -0.334 e. The molecule has 0 spiro atoms. The number of aromatic nitrogens is 2. The minimum atomic E-state index is 0.416. The summed E-state index contributed by atoms with van der Waals surface area (Å²) in [4.78, 5) is 4.39. The molecular formula is C13H22N2S. The molecule has 0 aliphatic heterocycles. The molecule has 1 heterocycles. The maximum atomic E-state index is 4.59. The van der Waals surface area contributed by atoms with Gasteiger partial charge in [-0.1, -0.05) is 19.3 Å². The largest absolute Gasteiger partial charge is 0.334 e. The van der Waals surface area contributed by atoms with Crippen molar-refractivity contribution in [3.8, 4) is 0 Å². The van der Waals surface area contributed by atoms with E-state index < -0.39 is 0 Å². The molecule has 0 unspecified atom stereocenters. The zero-order valence-corrected chi connectivity index (χ0v) is 11.3. The number of aryl methyl sites for hydroxylation is 1. The Balaban J connectivity index is 2.14. The SMILES string of the molecule is Cc1ncn(CC2(CS)CCCCC2)c1C. The zero-order chi connectivity index (χ0) is 11.6. The van der Waals surface area contributed by atoms with Crippen LogP contribution in [0.3, 0.4) is 0 Å². The fourth-order valence-electron chi connectivity index (χ4n) is 2.73. The summed E-state index contributed by atoms with van der Waals surface area (Å²) in [5.41, 5.74) is 2.89. The lowest BCUT2D eigenvalue weighted by Crippen LogP contribution is -2.31. The highest BCUT2D eigenvalue weighted by molar-refractivity contribution is 7.80. The van der Waals surface area contributed by atoms with Gasteiger partial charge in [-0.05, 0) is 37.9 Å². The Kier molecular flexibility index (Phi) is 3.63. The van der Waals surface area contributed by atoms with Gasteiger partial charge < -0.3 is 4.57 Å². The van der Waals surface area contributed by atoms with Gasteiger partial charge in [-0.3, -0.25) is 0 Å². The molecule has 1 aliphatic carbocycles. The van der Waals surface area contributed by atoms with Crippen LogP contribution in [0.5, 0.6) is 0 Å². The lowest BCUT2D eigenvalue weighted by atomic mass is 9.75. The molecule has 0 aromatic carbocycles. The zero-order valence-electron chi connectivity index (χ0n) is 10.4. The summed E-state index contributed by atoms with van der Waals surface area (Å²) in [6.45, 7) is 5.35. The highest BCUT2D eigenvalue weighted by Gasteiger charge is 2.31. The van der Waals surface area contributed by atoms with Crippen molar-refractivity contribution in [1.29, 1.82) is 0 Å². The van der Waals surface area contributed by atoms with E-state index >= 15 is 0 Å². The first kappa shape index (κ1) is 12.0. The molecule has 0 atom stereocenters. The van der Waals surface area contributed by atoms with E-state index in [-0.39, 0.29) is 0 Å². The lowest BCUT2D eigenvalue weighted by Gasteiger charge is -2.36. The number of hydrogen-bond acceptors (Lipinski definition) is 2. The number of hydrogen-bond donors (Lipinski definition) is 1. The topological polar surface area (TPSA) is 17.8 Å². The average molecular weight is 238 g/mol. The summed E-state index contributed by atoms with van der Waals surface area (Å²) in [6, 6.07) is 0. The molecule has 2 nitrogen and oxygen atoms in total. The third-order valence-corrected chi connectivity index (χ3v) is 4.77. The van der Waals surface area contributed by atoms with Crippen LogP contribution in [0.15, 0.2) is 6.33 Å². The second-order valence-electron chi connectivity index (χ2n) is 5.26. The van der Waals surface area contributed by atoms with Crippen molar-refractivity contribution in [2.75, 3.05) is 5.75 Å². The Morgan fingerprint density at radius 1 is 1.31 bits per heavy atom. The average Bonchev–Trinajstić information content (AvgIpc) is 2.62. The normalized spacial score (nSPS) is 19.9. The Labute approximate surface area is 104 Å². The van der Waals surface area contributed by atoms with Crippen LogP contribution in [0.4, 0.5) is 0 Å². The first-order valence-corrected chi connectivity index (χ1v) is 6.89. The molecule has 2 rings (SSSR count). The summed E-state index contributed by atoms with van der Waals surface area (Å²) in [6.07, 6.45) is 8.78. The van der Waals surface area contributed by atoms with E-state index in [9.17, 15) is 0 Å². The molecule has 0 bridgehead atoms. The van der Waals surface area contributed by atoms with Crippen molar-refractivity contribution in [1.82, 2.24) is 9.55 Å². The van der Waals surface area contributed by atoms with Gasteiger partial charge in [0.05, 0.1) is 12.0 Å². The molecule has 1 aromatic heterocycles. The first-order chi connectivity index (χ1) is 7.67. The van der Waals surface area contributed by atoms with E-state index in [0.717, 1.165) is 18.0 Å². The predicted octanol–water partition coefficient (Wildman–Crippen LogP) is 3.38. The molecule has 0 N–H and O–H groups in total. The van der Waals surface area contributed by atoms with Gasteiger partial charge in [0.1, 0.15) is 0 Å². The number of rotatable bonds is 3. The number of nitrogens with zero attached hydrogens (tertiary/aromatic N) is 2. The Morgan fingerprint density at radius 3 is 2.50 bits per heavy atom. The molecule has 0 amide bonds. The van der Waals surface area contributed by atoms with Gasteiger partial charge in [-0.2, -0.15) is 12.6 Å². The van der Waals surface area contributed by atoms with Crippen LogP contribution in [0, 0.1) is 19.3 Å². The fourth-order valence-corrected chi connectivity index (χ4v) is 3.15. The quantitative estimate of drug-likeness (QED) is 0.799. The van der Waals surface area contributed by atoms with Crippen molar-refractivity contribution in [2.45, 2.75) is 52.5 Å². The van der Waals surface area contributed by atoms with Crippen molar-refractivity contribution >= 4 is 12.6 Å². The maximum Gasteiger partial charge on any atom is 0.0951 e. The third kappa shape index (κ3) is 2.29. The summed E-state index contributed by atoms with van der Waals surface area (Å²) in [5.74, 6) is 1.00. The lowest BCUT2D eigenvalue weighted by molar-refractivity contribution is 0.188. The van der Waals surface area contributed by atoms with Crippen LogP contribution < -0.4 is 0 Å². The van der Waals surface area contributed by atoms with Crippen LogP contribution in [-0.4, -0.2) is 15.3 Å². The van der Waals surface area contributed by atoms with Crippen LogP contribution in [0.1, 0.15) is 43.5 Å². The van der Waals surface area contributed by atoms with E-state index in [0.29, 0.717) is 5.41 Å². The molecule has 1 fully saturated rings. The van der Waals surface area contributed by atoms with Gasteiger partial charge in [0, 0.05) is 12.2 Å². The Morgan fingerprint density at radius 2 is 2.00 bits per heavy atom. The molecule has 0 saturated heterocycles. The number of imidazole rings is 1. The third-order valence-electron chi connectivity index (χ3n) is 4.10. The summed E-state index contributed by atoms with van der Waals surface area (Å²) < 4.78 is 2.32. The summed E-state index contributed by atoms with van der Waals surface area (Å²) >= 11 is 4.59. The molecule has 0 radical (unpaired) electrons. The predicted molar refractivity (Wildman–Crippen MR) is 71.1 cm³/mol. The molecule has 16 heavy (non-hydrogen) atoms. The van der Waals surface area contributed by atoms with Gasteiger partial charge in [0.25, 0.3) is 0 Å². The van der Waals surface area contributed by atoms with Gasteiger partial charge in [0.15, 0.2) is 0 Å². The highest BCUT2D eigenvalue weighted by Crippen LogP contribution is 2.39. The second kappa shape index (κ2) is 4.82. The molecule has 1 aromatic rings. The van der Waals surface area contributed by atoms with Crippen LogP contribution >= 0.6 is 12.6 Å². The molecular weight excluding hydrogens is 216 g/mol. The highest BCUT2D eigenvalue weighted by atomic mass is 32.1. The Hall–Kier alpha value is -0.440. The van der Waals surface area contributed by atoms with Gasteiger partial charge in [-0.15, -0.1) is 0 Å². The molecule has 3 heteroatoms. The van der Waals surface area contributed by atoms with Crippen LogP contribution in [0.25, 0.3) is 0 Å². The minimum absolute atomic E-state index is 0.416. The van der Waals surface area contributed by atoms with Gasteiger partial charge in [0.2, 0.25) is 0 Å². The van der Waals surface area contributed by atoms with Gasteiger partial charge >= 0.3 is 0 Å². The monoisotopic (exact) mass is 238 g/mol. The van der Waals surface area contributed by atoms with Crippen molar-refractivity contribution in [3.05, 3.63) is 17.7 Å². The molecule has 1 saturated carbocycles. The first-order valence-electron chi connectivity index (χ1n) is 6.26. The van der Waals surface area contributed by atoms with E-state index in [4.69, 9.17) is 0 Å². The smallest absolute Gasteiger partial charge is 0.0951 e.